The largest absolute Gasteiger partial charge is 0.369 e. The van der Waals surface area contributed by atoms with E-state index in [4.69, 9.17) is 5.73 Å². The number of benzene rings is 1. The molecule has 0 aromatic heterocycles. The van der Waals surface area contributed by atoms with Crippen molar-refractivity contribution < 1.29 is 0 Å². The van der Waals surface area contributed by atoms with E-state index in [0.29, 0.717) is 6.04 Å². The maximum absolute atomic E-state index is 5.93. The first-order valence-electron chi connectivity index (χ1n) is 6.41. The third-order valence-electron chi connectivity index (χ3n) is 3.61. The van der Waals surface area contributed by atoms with Crippen molar-refractivity contribution in [3.05, 3.63) is 28.2 Å². The Hall–Kier alpha value is -0.540. The lowest BCUT2D eigenvalue weighted by atomic mass is 10.0. The van der Waals surface area contributed by atoms with Gasteiger partial charge < -0.3 is 10.6 Å². The second-order valence-electron chi connectivity index (χ2n) is 5.03. The van der Waals surface area contributed by atoms with Gasteiger partial charge in [0.25, 0.3) is 0 Å². The third kappa shape index (κ3) is 2.83. The highest BCUT2D eigenvalue weighted by Gasteiger charge is 2.19. The predicted molar refractivity (Wildman–Crippen MR) is 77.4 cm³/mol. The van der Waals surface area contributed by atoms with Crippen molar-refractivity contribution in [2.45, 2.75) is 45.2 Å². The van der Waals surface area contributed by atoms with E-state index in [1.165, 1.54) is 37.1 Å². The van der Waals surface area contributed by atoms with E-state index in [-0.39, 0.29) is 6.04 Å². The molecule has 1 aliphatic rings. The topological polar surface area (TPSA) is 29.3 Å². The molecule has 2 nitrogen and oxygen atoms in total. The van der Waals surface area contributed by atoms with Crippen LogP contribution in [-0.2, 0) is 0 Å². The molecular weight excluding hydrogens is 276 g/mol. The first kappa shape index (κ1) is 12.9. The first-order valence-corrected chi connectivity index (χ1v) is 7.20. The summed E-state index contributed by atoms with van der Waals surface area (Å²) in [5.74, 6) is 0. The Balaban J connectivity index is 2.24. The highest BCUT2D eigenvalue weighted by Crippen LogP contribution is 2.30. The molecular formula is C14H21BrN2. The van der Waals surface area contributed by atoms with Gasteiger partial charge in [0, 0.05) is 28.8 Å². The quantitative estimate of drug-likeness (QED) is 0.898. The van der Waals surface area contributed by atoms with Crippen LogP contribution < -0.4 is 10.6 Å². The summed E-state index contributed by atoms with van der Waals surface area (Å²) in [4.78, 5) is 2.50. The van der Waals surface area contributed by atoms with Gasteiger partial charge in [0.2, 0.25) is 0 Å². The lowest BCUT2D eigenvalue weighted by Gasteiger charge is -2.35. The van der Waals surface area contributed by atoms with E-state index in [9.17, 15) is 0 Å². The van der Waals surface area contributed by atoms with Crippen molar-refractivity contribution in [1.29, 1.82) is 0 Å². The van der Waals surface area contributed by atoms with E-state index in [0.717, 1.165) is 4.47 Å². The van der Waals surface area contributed by atoms with Crippen molar-refractivity contribution in [3.8, 4) is 0 Å². The van der Waals surface area contributed by atoms with Crippen LogP contribution in [0.25, 0.3) is 0 Å². The molecule has 2 rings (SSSR count). The standard InChI is InChI=1S/C14H21BrN2/c1-10-5-3-4-8-17(10)12-6-7-13(11(2)16)14(15)9-12/h6-7,9-11H,3-5,8,16H2,1-2H3/t10?,11-/m1/s1. The summed E-state index contributed by atoms with van der Waals surface area (Å²) in [5.41, 5.74) is 8.42. The molecule has 2 N–H and O–H groups in total. The van der Waals surface area contributed by atoms with Crippen LogP contribution in [0.5, 0.6) is 0 Å². The molecule has 1 fully saturated rings. The van der Waals surface area contributed by atoms with Crippen molar-refractivity contribution in [1.82, 2.24) is 0 Å². The summed E-state index contributed by atoms with van der Waals surface area (Å²) in [6.45, 7) is 5.50. The fraction of sp³-hybridized carbons (Fsp3) is 0.571. The summed E-state index contributed by atoms with van der Waals surface area (Å²) in [6, 6.07) is 7.28. The number of hydrogen-bond acceptors (Lipinski definition) is 2. The van der Waals surface area contributed by atoms with Crippen molar-refractivity contribution >= 4 is 21.6 Å². The van der Waals surface area contributed by atoms with Gasteiger partial charge in [-0.05, 0) is 50.8 Å². The molecule has 2 atom stereocenters. The molecule has 1 heterocycles. The Labute approximate surface area is 112 Å². The number of piperidine rings is 1. The molecule has 0 radical (unpaired) electrons. The molecule has 1 aromatic carbocycles. The Bertz CT molecular complexity index is 390. The molecule has 0 bridgehead atoms. The van der Waals surface area contributed by atoms with Crippen LogP contribution in [0.3, 0.4) is 0 Å². The van der Waals surface area contributed by atoms with Gasteiger partial charge in [0.1, 0.15) is 0 Å². The maximum Gasteiger partial charge on any atom is 0.0380 e. The minimum atomic E-state index is 0.0807. The molecule has 0 spiro atoms. The monoisotopic (exact) mass is 296 g/mol. The van der Waals surface area contributed by atoms with Gasteiger partial charge in [0.15, 0.2) is 0 Å². The van der Waals surface area contributed by atoms with Crippen LogP contribution in [0.4, 0.5) is 5.69 Å². The van der Waals surface area contributed by atoms with Gasteiger partial charge in [-0.3, -0.25) is 0 Å². The number of anilines is 1. The Kier molecular flexibility index (Phi) is 4.10. The maximum atomic E-state index is 5.93. The minimum Gasteiger partial charge on any atom is -0.369 e. The summed E-state index contributed by atoms with van der Waals surface area (Å²) in [7, 11) is 0. The van der Waals surface area contributed by atoms with E-state index < -0.39 is 0 Å². The van der Waals surface area contributed by atoms with Crippen LogP contribution in [0.2, 0.25) is 0 Å². The molecule has 1 saturated heterocycles. The first-order chi connectivity index (χ1) is 8.09. The van der Waals surface area contributed by atoms with Gasteiger partial charge in [-0.15, -0.1) is 0 Å². The number of nitrogens with zero attached hydrogens (tertiary/aromatic N) is 1. The zero-order valence-corrected chi connectivity index (χ0v) is 12.2. The second-order valence-corrected chi connectivity index (χ2v) is 5.89. The number of hydrogen-bond donors (Lipinski definition) is 1. The Morgan fingerprint density at radius 3 is 2.76 bits per heavy atom. The van der Waals surface area contributed by atoms with Crippen molar-refractivity contribution in [3.63, 3.8) is 0 Å². The lowest BCUT2D eigenvalue weighted by molar-refractivity contribution is 0.485. The second kappa shape index (κ2) is 5.40. The molecule has 3 heteroatoms. The van der Waals surface area contributed by atoms with Gasteiger partial charge in [0.05, 0.1) is 0 Å². The average Bonchev–Trinajstić information content (AvgIpc) is 2.29. The molecule has 0 saturated carbocycles. The fourth-order valence-electron chi connectivity index (χ4n) is 2.55. The van der Waals surface area contributed by atoms with Crippen LogP contribution in [-0.4, -0.2) is 12.6 Å². The van der Waals surface area contributed by atoms with Gasteiger partial charge in [-0.2, -0.15) is 0 Å². The van der Waals surface area contributed by atoms with Gasteiger partial charge in [-0.1, -0.05) is 22.0 Å². The SMILES string of the molecule is CC1CCCCN1c1ccc([C@@H](C)N)c(Br)c1. The zero-order chi connectivity index (χ0) is 12.4. The molecule has 1 aromatic rings. The van der Waals surface area contributed by atoms with Crippen LogP contribution >= 0.6 is 15.9 Å². The smallest absolute Gasteiger partial charge is 0.0380 e. The molecule has 0 amide bonds. The summed E-state index contributed by atoms with van der Waals surface area (Å²) < 4.78 is 1.13. The van der Waals surface area contributed by atoms with Crippen molar-refractivity contribution in [2.24, 2.45) is 5.73 Å². The van der Waals surface area contributed by atoms with Crippen LogP contribution in [0.15, 0.2) is 22.7 Å². The molecule has 17 heavy (non-hydrogen) atoms. The third-order valence-corrected chi connectivity index (χ3v) is 4.30. The summed E-state index contributed by atoms with van der Waals surface area (Å²) >= 11 is 3.63. The number of rotatable bonds is 2. The van der Waals surface area contributed by atoms with Crippen LogP contribution in [0.1, 0.15) is 44.7 Å². The highest BCUT2D eigenvalue weighted by molar-refractivity contribution is 9.10. The van der Waals surface area contributed by atoms with E-state index >= 15 is 0 Å². The normalized spacial score (nSPS) is 22.6. The molecule has 0 aliphatic carbocycles. The Morgan fingerprint density at radius 1 is 1.41 bits per heavy atom. The van der Waals surface area contributed by atoms with E-state index in [2.05, 4.69) is 46.0 Å². The predicted octanol–water partition coefficient (Wildman–Crippen LogP) is 3.85. The molecule has 1 aliphatic heterocycles. The summed E-state index contributed by atoms with van der Waals surface area (Å²) in [6.07, 6.45) is 3.96. The van der Waals surface area contributed by atoms with Crippen LogP contribution in [0, 0.1) is 0 Å². The molecule has 94 valence electrons. The highest BCUT2D eigenvalue weighted by atomic mass is 79.9. The minimum absolute atomic E-state index is 0.0807. The van der Waals surface area contributed by atoms with E-state index in [1.54, 1.807) is 0 Å². The van der Waals surface area contributed by atoms with E-state index in [1.807, 2.05) is 6.92 Å². The summed E-state index contributed by atoms with van der Waals surface area (Å²) in [5, 5.41) is 0. The Morgan fingerprint density at radius 2 is 2.18 bits per heavy atom. The zero-order valence-electron chi connectivity index (χ0n) is 10.6. The van der Waals surface area contributed by atoms with Crippen molar-refractivity contribution in [2.75, 3.05) is 11.4 Å². The fourth-order valence-corrected chi connectivity index (χ4v) is 3.27. The van der Waals surface area contributed by atoms with Gasteiger partial charge in [-0.25, -0.2) is 0 Å². The number of nitrogens with two attached hydrogens (primary N) is 1. The average molecular weight is 297 g/mol. The lowest BCUT2D eigenvalue weighted by Crippen LogP contribution is -2.37. The molecule has 1 unspecified atom stereocenters. The van der Waals surface area contributed by atoms with Gasteiger partial charge >= 0.3 is 0 Å². The number of halogens is 1.